The van der Waals surface area contributed by atoms with Crippen molar-refractivity contribution in [3.8, 4) is 0 Å². The van der Waals surface area contributed by atoms with E-state index < -0.39 is 27.8 Å². The average molecular weight is 405 g/mol. The number of amides is 1. The van der Waals surface area contributed by atoms with Gasteiger partial charge in [-0.15, -0.1) is 0 Å². The fraction of sp³-hybridized carbons (Fsp3) is 0.188. The number of hydrogen-bond donors (Lipinski definition) is 1. The topological polar surface area (TPSA) is 66.5 Å². The lowest BCUT2D eigenvalue weighted by atomic mass is 10.2. The number of nitrogens with zero attached hydrogens (tertiary/aromatic N) is 1. The molecule has 0 radical (unpaired) electrons. The van der Waals surface area contributed by atoms with Gasteiger partial charge in [0.1, 0.15) is 11.9 Å². The lowest BCUT2D eigenvalue weighted by Crippen LogP contribution is -2.45. The molecule has 0 aromatic heterocycles. The highest BCUT2D eigenvalue weighted by Gasteiger charge is 2.31. The van der Waals surface area contributed by atoms with Crippen LogP contribution in [0.15, 0.2) is 42.5 Å². The van der Waals surface area contributed by atoms with Crippen molar-refractivity contribution in [2.24, 2.45) is 0 Å². The number of para-hydroxylation sites is 1. The van der Waals surface area contributed by atoms with Crippen molar-refractivity contribution in [1.82, 2.24) is 0 Å². The van der Waals surface area contributed by atoms with Crippen molar-refractivity contribution in [2.45, 2.75) is 13.0 Å². The van der Waals surface area contributed by atoms with Crippen LogP contribution in [0, 0.1) is 5.82 Å². The van der Waals surface area contributed by atoms with Crippen LogP contribution in [0.4, 0.5) is 15.8 Å². The highest BCUT2D eigenvalue weighted by atomic mass is 35.5. The summed E-state index contributed by atoms with van der Waals surface area (Å²) in [7, 11) is -3.91. The van der Waals surface area contributed by atoms with Crippen LogP contribution in [-0.4, -0.2) is 26.6 Å². The molecule has 1 unspecified atom stereocenters. The van der Waals surface area contributed by atoms with Crippen LogP contribution in [0.2, 0.25) is 10.0 Å². The summed E-state index contributed by atoms with van der Waals surface area (Å²) >= 11 is 11.7. The van der Waals surface area contributed by atoms with Crippen LogP contribution in [0.3, 0.4) is 0 Å². The van der Waals surface area contributed by atoms with E-state index in [1.807, 2.05) is 0 Å². The number of benzene rings is 2. The largest absolute Gasteiger partial charge is 0.324 e. The zero-order valence-corrected chi connectivity index (χ0v) is 15.7. The van der Waals surface area contributed by atoms with Crippen molar-refractivity contribution >= 4 is 50.5 Å². The van der Waals surface area contributed by atoms with Gasteiger partial charge in [-0.3, -0.25) is 9.10 Å². The molecule has 2 aromatic rings. The minimum absolute atomic E-state index is 0.211. The summed E-state index contributed by atoms with van der Waals surface area (Å²) in [5.74, 6) is -1.41. The molecule has 2 rings (SSSR count). The summed E-state index contributed by atoms with van der Waals surface area (Å²) in [5.41, 5.74) is 0.0908. The van der Waals surface area contributed by atoms with E-state index in [1.54, 1.807) is 0 Å². The predicted molar refractivity (Wildman–Crippen MR) is 98.3 cm³/mol. The van der Waals surface area contributed by atoms with E-state index in [4.69, 9.17) is 23.2 Å². The van der Waals surface area contributed by atoms with E-state index >= 15 is 0 Å². The number of carbonyl (C=O) groups is 1. The van der Waals surface area contributed by atoms with Gasteiger partial charge in [0.05, 0.1) is 11.9 Å². The Bertz CT molecular complexity index is 886. The van der Waals surface area contributed by atoms with Gasteiger partial charge in [-0.2, -0.15) is 0 Å². The number of rotatable bonds is 5. The Balaban J connectivity index is 2.35. The predicted octanol–water partition coefficient (Wildman–Crippen LogP) is 3.93. The van der Waals surface area contributed by atoms with E-state index in [9.17, 15) is 17.6 Å². The summed E-state index contributed by atoms with van der Waals surface area (Å²) < 4.78 is 39.0. The lowest BCUT2D eigenvalue weighted by Gasteiger charge is -2.28. The molecule has 0 aliphatic carbocycles. The van der Waals surface area contributed by atoms with Gasteiger partial charge in [0.15, 0.2) is 0 Å². The minimum atomic E-state index is -3.91. The highest BCUT2D eigenvalue weighted by Crippen LogP contribution is 2.26. The molecule has 5 nitrogen and oxygen atoms in total. The fourth-order valence-electron chi connectivity index (χ4n) is 2.28. The fourth-order valence-corrected chi connectivity index (χ4v) is 3.99. The smallest absolute Gasteiger partial charge is 0.247 e. The summed E-state index contributed by atoms with van der Waals surface area (Å²) in [5, 5.41) is 3.15. The van der Waals surface area contributed by atoms with Gasteiger partial charge >= 0.3 is 0 Å². The molecule has 0 saturated heterocycles. The second-order valence-electron chi connectivity index (χ2n) is 5.33. The SMILES string of the molecule is CC(C(=O)Nc1cc(Cl)cc(Cl)c1)N(c1ccccc1F)S(C)(=O)=O. The van der Waals surface area contributed by atoms with Crippen LogP contribution in [-0.2, 0) is 14.8 Å². The molecule has 9 heteroatoms. The van der Waals surface area contributed by atoms with Crippen molar-refractivity contribution in [2.75, 3.05) is 15.9 Å². The van der Waals surface area contributed by atoms with Gasteiger partial charge in [0, 0.05) is 15.7 Å². The first-order valence-corrected chi connectivity index (χ1v) is 9.71. The minimum Gasteiger partial charge on any atom is -0.324 e. The monoisotopic (exact) mass is 404 g/mol. The van der Waals surface area contributed by atoms with E-state index in [-0.39, 0.29) is 5.69 Å². The van der Waals surface area contributed by atoms with E-state index in [1.165, 1.54) is 43.3 Å². The van der Waals surface area contributed by atoms with Crippen LogP contribution in [0.5, 0.6) is 0 Å². The molecule has 1 atom stereocenters. The van der Waals surface area contributed by atoms with E-state index in [0.717, 1.165) is 16.6 Å². The third kappa shape index (κ3) is 4.84. The Labute approximate surface area is 155 Å². The average Bonchev–Trinajstić information content (AvgIpc) is 2.46. The van der Waals surface area contributed by atoms with E-state index in [0.29, 0.717) is 15.7 Å². The van der Waals surface area contributed by atoms with Crippen molar-refractivity contribution in [3.63, 3.8) is 0 Å². The Morgan fingerprint density at radius 3 is 2.24 bits per heavy atom. The second-order valence-corrected chi connectivity index (χ2v) is 8.07. The molecule has 0 saturated carbocycles. The highest BCUT2D eigenvalue weighted by molar-refractivity contribution is 7.92. The molecular formula is C16H15Cl2FN2O3S. The standard InChI is InChI=1S/C16H15Cl2FN2O3S/c1-10(16(22)20-13-8-11(17)7-12(18)9-13)21(25(2,23)24)15-6-4-3-5-14(15)19/h3-10H,1-2H3,(H,20,22). The number of sulfonamides is 1. The molecule has 0 spiro atoms. The Kier molecular flexibility index (Phi) is 5.92. The quantitative estimate of drug-likeness (QED) is 0.820. The Morgan fingerprint density at radius 1 is 1.16 bits per heavy atom. The maximum atomic E-state index is 14.1. The van der Waals surface area contributed by atoms with Crippen molar-refractivity contribution < 1.29 is 17.6 Å². The Morgan fingerprint density at radius 2 is 1.72 bits per heavy atom. The van der Waals surface area contributed by atoms with Crippen LogP contribution < -0.4 is 9.62 Å². The second kappa shape index (κ2) is 7.59. The van der Waals surface area contributed by atoms with Gasteiger partial charge in [0.2, 0.25) is 15.9 Å². The molecule has 0 bridgehead atoms. The van der Waals surface area contributed by atoms with Crippen molar-refractivity contribution in [1.29, 1.82) is 0 Å². The summed E-state index contributed by atoms with van der Waals surface area (Å²) in [6.07, 6.45) is 0.902. The van der Waals surface area contributed by atoms with Crippen LogP contribution in [0.1, 0.15) is 6.92 Å². The maximum Gasteiger partial charge on any atom is 0.247 e. The molecule has 0 aliphatic heterocycles. The summed E-state index contributed by atoms with van der Waals surface area (Å²) in [6, 6.07) is 8.54. The number of anilines is 2. The van der Waals surface area contributed by atoms with E-state index in [2.05, 4.69) is 5.32 Å². The summed E-state index contributed by atoms with van der Waals surface area (Å²) in [4.78, 5) is 12.5. The first-order chi connectivity index (χ1) is 11.6. The van der Waals surface area contributed by atoms with Gasteiger partial charge in [-0.05, 0) is 37.3 Å². The molecule has 134 valence electrons. The molecule has 0 fully saturated rings. The third-order valence-corrected chi connectivity index (χ3v) is 4.97. The molecule has 1 N–H and O–H groups in total. The molecule has 25 heavy (non-hydrogen) atoms. The maximum absolute atomic E-state index is 14.1. The Hall–Kier alpha value is -1.83. The third-order valence-electron chi connectivity index (χ3n) is 3.31. The zero-order chi connectivity index (χ0) is 18.8. The summed E-state index contributed by atoms with van der Waals surface area (Å²) in [6.45, 7) is 1.36. The zero-order valence-electron chi connectivity index (χ0n) is 13.3. The van der Waals surface area contributed by atoms with Crippen LogP contribution >= 0.6 is 23.2 Å². The van der Waals surface area contributed by atoms with Gasteiger partial charge in [-0.25, -0.2) is 12.8 Å². The van der Waals surface area contributed by atoms with Gasteiger partial charge in [0.25, 0.3) is 0 Å². The number of nitrogens with one attached hydrogen (secondary N) is 1. The number of halogens is 3. The normalized spacial score (nSPS) is 12.5. The first-order valence-electron chi connectivity index (χ1n) is 7.10. The number of carbonyl (C=O) groups excluding carboxylic acids is 1. The molecule has 0 heterocycles. The van der Waals surface area contributed by atoms with Crippen molar-refractivity contribution in [3.05, 3.63) is 58.3 Å². The van der Waals surface area contributed by atoms with Gasteiger partial charge in [-0.1, -0.05) is 35.3 Å². The molecule has 1 amide bonds. The molecule has 2 aromatic carbocycles. The number of hydrogen-bond acceptors (Lipinski definition) is 3. The van der Waals surface area contributed by atoms with Gasteiger partial charge < -0.3 is 5.32 Å². The molecule has 0 aliphatic rings. The van der Waals surface area contributed by atoms with Crippen LogP contribution in [0.25, 0.3) is 0 Å². The molecular weight excluding hydrogens is 390 g/mol. The first kappa shape index (κ1) is 19.5. The lowest BCUT2D eigenvalue weighted by molar-refractivity contribution is -0.116.